The van der Waals surface area contributed by atoms with Gasteiger partial charge in [-0.3, -0.25) is 0 Å². The summed E-state index contributed by atoms with van der Waals surface area (Å²) in [7, 11) is -2.03. The number of rotatable bonds is 7. The van der Waals surface area contributed by atoms with Crippen LogP contribution in [0.25, 0.3) is 0 Å². The Bertz CT molecular complexity index is 560. The van der Waals surface area contributed by atoms with Gasteiger partial charge in [0, 0.05) is 11.4 Å². The Balaban J connectivity index is 3.30. The molecule has 0 spiro atoms. The molecule has 0 bridgehead atoms. The molecule has 0 radical (unpaired) electrons. The van der Waals surface area contributed by atoms with Crippen LogP contribution in [0.4, 0.5) is 0 Å². The van der Waals surface area contributed by atoms with E-state index in [2.05, 4.69) is 25.3 Å². The van der Waals surface area contributed by atoms with Gasteiger partial charge in [0.25, 0.3) is 0 Å². The summed E-state index contributed by atoms with van der Waals surface area (Å²) in [5.74, 6) is 0.318. The maximum Gasteiger partial charge on any atom is 0.182 e. The monoisotopic (exact) mass is 386 g/mol. The summed E-state index contributed by atoms with van der Waals surface area (Å²) in [6.07, 6.45) is 0. The van der Waals surface area contributed by atoms with Crippen molar-refractivity contribution in [1.82, 2.24) is 0 Å². The normalized spacial score (nSPS) is 13.2. The van der Waals surface area contributed by atoms with Gasteiger partial charge in [0.15, 0.2) is 9.84 Å². The highest BCUT2D eigenvalue weighted by Crippen LogP contribution is 2.35. The summed E-state index contributed by atoms with van der Waals surface area (Å²) in [6.45, 7) is 3.30. The topological polar surface area (TPSA) is 82.1 Å². The summed E-state index contributed by atoms with van der Waals surface area (Å²) < 4.78 is 34.3. The van der Waals surface area contributed by atoms with Crippen LogP contribution in [0.3, 0.4) is 0 Å². The Labute approximate surface area is 130 Å². The average Bonchev–Trinajstić information content (AvgIpc) is 2.43. The number of sulfone groups is 1. The van der Waals surface area contributed by atoms with Crippen LogP contribution in [0.5, 0.6) is 5.75 Å². The minimum absolute atomic E-state index is 0.204. The van der Waals surface area contributed by atoms with Crippen molar-refractivity contribution in [3.63, 3.8) is 0 Å². The summed E-state index contributed by atoms with van der Waals surface area (Å²) in [5.41, 5.74) is 0.558. The Hall–Kier alpha value is -0.320. The molecule has 0 saturated heterocycles. The van der Waals surface area contributed by atoms with Crippen LogP contribution >= 0.6 is 28.0 Å². The van der Waals surface area contributed by atoms with E-state index in [1.807, 2.05) is 0 Å². The quantitative estimate of drug-likeness (QED) is 0.333. The van der Waals surface area contributed by atoms with Crippen LogP contribution < -0.4 is 4.74 Å². The van der Waals surface area contributed by atoms with Gasteiger partial charge in [0.1, 0.15) is 5.75 Å². The second kappa shape index (κ2) is 7.62. The van der Waals surface area contributed by atoms with Gasteiger partial charge in [-0.15, -0.1) is 4.33 Å². The first-order valence-corrected chi connectivity index (χ1v) is 8.92. The molecule has 1 rings (SSSR count). The Morgan fingerprint density at radius 3 is 2.60 bits per heavy atom. The van der Waals surface area contributed by atoms with Gasteiger partial charge in [0.05, 0.1) is 34.2 Å². The van der Waals surface area contributed by atoms with Crippen molar-refractivity contribution in [2.24, 2.45) is 0 Å². The van der Waals surface area contributed by atoms with Crippen LogP contribution in [-0.4, -0.2) is 31.4 Å². The van der Waals surface area contributed by atoms with Crippen molar-refractivity contribution in [3.8, 4) is 5.75 Å². The van der Waals surface area contributed by atoms with E-state index in [1.54, 1.807) is 19.9 Å². The molecule has 1 unspecified atom stereocenters. The molecule has 0 aliphatic rings. The fourth-order valence-corrected chi connectivity index (χ4v) is 4.50. The van der Waals surface area contributed by atoms with E-state index in [9.17, 15) is 8.42 Å². The zero-order valence-corrected chi connectivity index (χ0v) is 14.3. The first kappa shape index (κ1) is 17.7. The largest absolute Gasteiger partial charge is 0.495 e. The number of hydrogen-bond acceptors (Lipinski definition) is 7. The lowest BCUT2D eigenvalue weighted by molar-refractivity contribution is -0.432. The smallest absolute Gasteiger partial charge is 0.182 e. The van der Waals surface area contributed by atoms with Crippen LogP contribution in [0.1, 0.15) is 12.5 Å². The Morgan fingerprint density at radius 2 is 2.10 bits per heavy atom. The van der Waals surface area contributed by atoms with E-state index in [0.29, 0.717) is 21.5 Å². The molecule has 9 heteroatoms. The lowest BCUT2D eigenvalue weighted by Gasteiger charge is -2.15. The highest BCUT2D eigenvalue weighted by molar-refractivity contribution is 9.09. The molecule has 0 aliphatic heterocycles. The van der Waals surface area contributed by atoms with Crippen LogP contribution in [0.2, 0.25) is 0 Å². The van der Waals surface area contributed by atoms with Gasteiger partial charge in [-0.2, -0.15) is 0 Å². The number of aryl methyl sites for hydroxylation is 1. The summed E-state index contributed by atoms with van der Waals surface area (Å²) >= 11 is 3.90. The van der Waals surface area contributed by atoms with E-state index >= 15 is 0 Å². The molecular formula is C11H15BrO6S2. The first-order chi connectivity index (χ1) is 9.38. The summed E-state index contributed by atoms with van der Waals surface area (Å²) in [6, 6.07) is 3.03. The van der Waals surface area contributed by atoms with Crippen molar-refractivity contribution in [1.29, 1.82) is 0 Å². The zero-order chi connectivity index (χ0) is 15.3. The molecule has 1 atom stereocenters. The number of methoxy groups -OCH3 is 1. The third kappa shape index (κ3) is 3.86. The van der Waals surface area contributed by atoms with E-state index in [1.165, 1.54) is 13.2 Å². The third-order valence-corrected chi connectivity index (χ3v) is 6.98. The van der Waals surface area contributed by atoms with Crippen LogP contribution in [0.15, 0.2) is 21.9 Å². The van der Waals surface area contributed by atoms with Crippen LogP contribution in [0, 0.1) is 6.92 Å². The van der Waals surface area contributed by atoms with Gasteiger partial charge >= 0.3 is 0 Å². The van der Waals surface area contributed by atoms with Gasteiger partial charge in [-0.1, -0.05) is 21.0 Å². The summed E-state index contributed by atoms with van der Waals surface area (Å²) in [5, 5.41) is 11.5. The summed E-state index contributed by atoms with van der Waals surface area (Å²) in [4.78, 5) is 0.695. The Kier molecular flexibility index (Phi) is 6.76. The number of benzene rings is 1. The highest BCUT2D eigenvalue weighted by Gasteiger charge is 2.26. The van der Waals surface area contributed by atoms with Crippen molar-refractivity contribution >= 4 is 37.8 Å². The lowest BCUT2D eigenvalue weighted by Crippen LogP contribution is -2.20. The fraction of sp³-hybridized carbons (Fsp3) is 0.455. The minimum Gasteiger partial charge on any atom is -0.495 e. The second-order valence-corrected chi connectivity index (χ2v) is 7.73. The molecule has 0 heterocycles. The standard InChI is InChI=1S/C11H15BrO6S2/c1-7-4-10(19-18-17-13)9(16-3)5-11(7)20(14,15)8(2)6-12/h4-5,8,13H,6H2,1-3H3. The predicted molar refractivity (Wildman–Crippen MR) is 78.8 cm³/mol. The van der Waals surface area contributed by atoms with Crippen LogP contribution in [-0.2, 0) is 19.2 Å². The van der Waals surface area contributed by atoms with Crippen molar-refractivity contribution in [3.05, 3.63) is 17.7 Å². The maximum atomic E-state index is 12.4. The number of hydrogen-bond donors (Lipinski definition) is 1. The molecule has 1 N–H and O–H groups in total. The van der Waals surface area contributed by atoms with Crippen molar-refractivity contribution in [2.45, 2.75) is 28.9 Å². The SMILES string of the molecule is COc1cc(S(=O)(=O)C(C)CBr)c(C)cc1SOOO. The van der Waals surface area contributed by atoms with Crippen molar-refractivity contribution in [2.75, 3.05) is 12.4 Å². The minimum atomic E-state index is -3.45. The molecule has 0 aromatic heterocycles. The second-order valence-electron chi connectivity index (χ2n) is 4.00. The number of ether oxygens (including phenoxy) is 1. The van der Waals surface area contributed by atoms with E-state index in [4.69, 9.17) is 9.99 Å². The number of alkyl halides is 1. The molecule has 1 aromatic carbocycles. The third-order valence-electron chi connectivity index (χ3n) is 2.67. The van der Waals surface area contributed by atoms with Gasteiger partial charge in [-0.05, 0) is 25.5 Å². The zero-order valence-electron chi connectivity index (χ0n) is 11.1. The molecule has 0 amide bonds. The van der Waals surface area contributed by atoms with Gasteiger partial charge in [0.2, 0.25) is 0 Å². The van der Waals surface area contributed by atoms with E-state index < -0.39 is 15.1 Å². The lowest BCUT2D eigenvalue weighted by atomic mass is 10.2. The number of halogens is 1. The maximum absolute atomic E-state index is 12.4. The first-order valence-electron chi connectivity index (χ1n) is 5.51. The molecule has 0 fully saturated rings. The molecule has 114 valence electrons. The predicted octanol–water partition coefficient (Wildman–Crippen LogP) is 2.99. The molecule has 20 heavy (non-hydrogen) atoms. The molecule has 6 nitrogen and oxygen atoms in total. The molecule has 1 aromatic rings. The Morgan fingerprint density at radius 1 is 1.45 bits per heavy atom. The van der Waals surface area contributed by atoms with E-state index in [-0.39, 0.29) is 4.90 Å². The van der Waals surface area contributed by atoms with Crippen molar-refractivity contribution < 1.29 is 27.8 Å². The molecule has 0 saturated carbocycles. The molecule has 0 aliphatic carbocycles. The average molecular weight is 387 g/mol. The molecular weight excluding hydrogens is 372 g/mol. The fourth-order valence-electron chi connectivity index (χ4n) is 1.53. The van der Waals surface area contributed by atoms with E-state index in [0.717, 1.165) is 12.0 Å². The van der Waals surface area contributed by atoms with Gasteiger partial charge in [-0.25, -0.2) is 13.7 Å². The highest BCUT2D eigenvalue weighted by atomic mass is 79.9. The van der Waals surface area contributed by atoms with Gasteiger partial charge < -0.3 is 4.74 Å².